The van der Waals surface area contributed by atoms with Crippen LogP contribution < -0.4 is 5.32 Å². The normalized spacial score (nSPS) is 10.4. The molecule has 1 rings (SSSR count). The van der Waals surface area contributed by atoms with Gasteiger partial charge in [-0.1, -0.05) is 26.7 Å². The van der Waals surface area contributed by atoms with E-state index in [9.17, 15) is 4.79 Å². The van der Waals surface area contributed by atoms with E-state index < -0.39 is 5.97 Å². The van der Waals surface area contributed by atoms with Gasteiger partial charge < -0.3 is 10.1 Å². The number of hydrogen-bond acceptors (Lipinski definition) is 5. The van der Waals surface area contributed by atoms with Crippen LogP contribution >= 0.6 is 0 Å². The predicted octanol–water partition coefficient (Wildman–Crippen LogP) is 2.50. The minimum atomic E-state index is -0.416. The second-order valence-electron chi connectivity index (χ2n) is 4.59. The maximum absolute atomic E-state index is 11.5. The van der Waals surface area contributed by atoms with Crippen molar-refractivity contribution in [2.45, 2.75) is 33.1 Å². The molecule has 0 aliphatic heterocycles. The molecule has 1 aromatic rings. The highest BCUT2D eigenvalue weighted by molar-refractivity contribution is 5.94. The van der Waals surface area contributed by atoms with Gasteiger partial charge in [0.25, 0.3) is 0 Å². The van der Waals surface area contributed by atoms with Crippen molar-refractivity contribution in [3.05, 3.63) is 18.1 Å². The number of esters is 1. The molecule has 0 saturated carbocycles. The van der Waals surface area contributed by atoms with Crippen molar-refractivity contribution in [3.63, 3.8) is 0 Å². The molecule has 0 saturated heterocycles. The Morgan fingerprint density at radius 2 is 2.22 bits per heavy atom. The minimum absolute atomic E-state index is 0.379. The van der Waals surface area contributed by atoms with Crippen molar-refractivity contribution in [2.24, 2.45) is 5.92 Å². The molecule has 0 aliphatic rings. The van der Waals surface area contributed by atoms with Crippen LogP contribution in [0.25, 0.3) is 0 Å². The lowest BCUT2D eigenvalue weighted by atomic mass is 10.1. The summed E-state index contributed by atoms with van der Waals surface area (Å²) >= 11 is 0. The second kappa shape index (κ2) is 7.63. The molecular formula is C13H21N3O2. The van der Waals surface area contributed by atoms with E-state index in [0.717, 1.165) is 18.9 Å². The van der Waals surface area contributed by atoms with Crippen LogP contribution in [0.3, 0.4) is 0 Å². The Hall–Kier alpha value is -1.65. The first-order chi connectivity index (χ1) is 8.65. The summed E-state index contributed by atoms with van der Waals surface area (Å²) in [5.41, 5.74) is 0.379. The van der Waals surface area contributed by atoms with Gasteiger partial charge in [0.2, 0.25) is 0 Å². The van der Waals surface area contributed by atoms with Gasteiger partial charge in [-0.2, -0.15) is 0 Å². The molecule has 0 atom stereocenters. The van der Waals surface area contributed by atoms with E-state index in [1.54, 1.807) is 0 Å². The summed E-state index contributed by atoms with van der Waals surface area (Å²) in [5, 5.41) is 3.15. The molecule has 1 N–H and O–H groups in total. The van der Waals surface area contributed by atoms with E-state index in [1.165, 1.54) is 32.5 Å². The van der Waals surface area contributed by atoms with Crippen LogP contribution in [0, 0.1) is 5.92 Å². The van der Waals surface area contributed by atoms with Gasteiger partial charge in [0.1, 0.15) is 17.7 Å². The lowest BCUT2D eigenvalue weighted by Crippen LogP contribution is -2.11. The van der Waals surface area contributed by atoms with Crippen LogP contribution in [0.4, 0.5) is 5.82 Å². The van der Waals surface area contributed by atoms with E-state index in [-0.39, 0.29) is 0 Å². The molecule has 0 radical (unpaired) electrons. The van der Waals surface area contributed by atoms with Gasteiger partial charge in [0, 0.05) is 12.7 Å². The first-order valence-corrected chi connectivity index (χ1v) is 6.27. The van der Waals surface area contributed by atoms with Crippen LogP contribution in [-0.4, -0.2) is 29.6 Å². The molecule has 18 heavy (non-hydrogen) atoms. The highest BCUT2D eigenvalue weighted by Gasteiger charge is 2.12. The van der Waals surface area contributed by atoms with Crippen molar-refractivity contribution >= 4 is 11.8 Å². The molecule has 0 unspecified atom stereocenters. The Kier molecular flexibility index (Phi) is 6.11. The maximum Gasteiger partial charge on any atom is 0.343 e. The van der Waals surface area contributed by atoms with Gasteiger partial charge in [-0.15, -0.1) is 0 Å². The Labute approximate surface area is 108 Å². The summed E-state index contributed by atoms with van der Waals surface area (Å²) in [4.78, 5) is 19.4. The Bertz CT molecular complexity index is 380. The number of nitrogens with zero attached hydrogens (tertiary/aromatic N) is 2. The third kappa shape index (κ3) is 4.69. The van der Waals surface area contributed by atoms with Gasteiger partial charge in [-0.3, -0.25) is 0 Å². The largest absolute Gasteiger partial charge is 0.465 e. The minimum Gasteiger partial charge on any atom is -0.465 e. The molecule has 1 aromatic heterocycles. The smallest absolute Gasteiger partial charge is 0.343 e. The number of unbranched alkanes of at least 4 members (excludes halogenated alkanes) is 1. The summed E-state index contributed by atoms with van der Waals surface area (Å²) in [6.45, 7) is 5.23. The Morgan fingerprint density at radius 3 is 2.89 bits per heavy atom. The topological polar surface area (TPSA) is 64.1 Å². The van der Waals surface area contributed by atoms with Crippen LogP contribution in [0.5, 0.6) is 0 Å². The van der Waals surface area contributed by atoms with Gasteiger partial charge in [0.05, 0.1) is 7.11 Å². The van der Waals surface area contributed by atoms with Crippen LogP contribution in [0.15, 0.2) is 12.5 Å². The molecule has 0 spiro atoms. The van der Waals surface area contributed by atoms with E-state index in [1.807, 2.05) is 0 Å². The number of nitrogens with one attached hydrogen (secondary N) is 1. The molecule has 0 aromatic carbocycles. The fourth-order valence-electron chi connectivity index (χ4n) is 1.61. The molecule has 0 bridgehead atoms. The predicted molar refractivity (Wildman–Crippen MR) is 70.6 cm³/mol. The lowest BCUT2D eigenvalue weighted by Gasteiger charge is -2.09. The molecular weight excluding hydrogens is 230 g/mol. The van der Waals surface area contributed by atoms with Crippen LogP contribution in [0.1, 0.15) is 43.5 Å². The number of ether oxygens (including phenoxy) is 1. The fourth-order valence-corrected chi connectivity index (χ4v) is 1.61. The number of aromatic nitrogens is 2. The van der Waals surface area contributed by atoms with Gasteiger partial charge in [-0.05, 0) is 12.3 Å². The van der Waals surface area contributed by atoms with Crippen molar-refractivity contribution in [2.75, 3.05) is 19.0 Å². The van der Waals surface area contributed by atoms with Crippen LogP contribution in [-0.2, 0) is 4.74 Å². The van der Waals surface area contributed by atoms with Crippen molar-refractivity contribution in [3.8, 4) is 0 Å². The van der Waals surface area contributed by atoms with Gasteiger partial charge >= 0.3 is 5.97 Å². The summed E-state index contributed by atoms with van der Waals surface area (Å²) < 4.78 is 4.68. The quantitative estimate of drug-likeness (QED) is 0.596. The molecule has 5 nitrogen and oxygen atoms in total. The fraction of sp³-hybridized carbons (Fsp3) is 0.615. The number of anilines is 1. The zero-order chi connectivity index (χ0) is 13.4. The van der Waals surface area contributed by atoms with E-state index in [4.69, 9.17) is 0 Å². The number of methoxy groups -OCH3 is 1. The molecule has 5 heteroatoms. The summed E-state index contributed by atoms with van der Waals surface area (Å²) in [6, 6.07) is 0. The van der Waals surface area contributed by atoms with Crippen molar-refractivity contribution < 1.29 is 9.53 Å². The highest BCUT2D eigenvalue weighted by Crippen LogP contribution is 2.12. The molecule has 0 amide bonds. The molecule has 0 fully saturated rings. The average molecular weight is 251 g/mol. The summed E-state index contributed by atoms with van der Waals surface area (Å²) in [5.74, 6) is 0.858. The third-order valence-electron chi connectivity index (χ3n) is 2.62. The molecule has 0 aliphatic carbocycles. The summed E-state index contributed by atoms with van der Waals surface area (Å²) in [6.07, 6.45) is 6.33. The Balaban J connectivity index is 2.44. The lowest BCUT2D eigenvalue weighted by molar-refractivity contribution is 0.0601. The monoisotopic (exact) mass is 251 g/mol. The first-order valence-electron chi connectivity index (χ1n) is 6.27. The maximum atomic E-state index is 11.5. The SMILES string of the molecule is COC(=O)c1cncnc1NCCCCC(C)C. The number of hydrogen-bond donors (Lipinski definition) is 1. The number of carbonyl (C=O) groups excluding carboxylic acids is 1. The highest BCUT2D eigenvalue weighted by atomic mass is 16.5. The Morgan fingerprint density at radius 1 is 1.44 bits per heavy atom. The van der Waals surface area contributed by atoms with Crippen LogP contribution in [0.2, 0.25) is 0 Å². The zero-order valence-electron chi connectivity index (χ0n) is 11.3. The van der Waals surface area contributed by atoms with Gasteiger partial charge in [0.15, 0.2) is 0 Å². The molecule has 100 valence electrons. The number of carbonyl (C=O) groups is 1. The van der Waals surface area contributed by atoms with Crippen molar-refractivity contribution in [1.82, 2.24) is 9.97 Å². The average Bonchev–Trinajstić information content (AvgIpc) is 2.37. The standard InChI is InChI=1S/C13H21N3O2/c1-10(2)6-4-5-7-15-12-11(13(17)18-3)8-14-9-16-12/h8-10H,4-7H2,1-3H3,(H,14,15,16). The van der Waals surface area contributed by atoms with E-state index >= 15 is 0 Å². The first kappa shape index (κ1) is 14.4. The van der Waals surface area contributed by atoms with E-state index in [0.29, 0.717) is 11.4 Å². The molecule has 1 heterocycles. The zero-order valence-corrected chi connectivity index (χ0v) is 11.3. The number of rotatable bonds is 7. The van der Waals surface area contributed by atoms with Crippen molar-refractivity contribution in [1.29, 1.82) is 0 Å². The summed E-state index contributed by atoms with van der Waals surface area (Å²) in [7, 11) is 1.35. The van der Waals surface area contributed by atoms with E-state index in [2.05, 4.69) is 33.9 Å². The second-order valence-corrected chi connectivity index (χ2v) is 4.59. The third-order valence-corrected chi connectivity index (χ3v) is 2.62. The van der Waals surface area contributed by atoms with Gasteiger partial charge in [-0.25, -0.2) is 14.8 Å².